The fourth-order valence-electron chi connectivity index (χ4n) is 4.96. The van der Waals surface area contributed by atoms with Crippen molar-refractivity contribution in [2.24, 2.45) is 0 Å². The van der Waals surface area contributed by atoms with E-state index in [1.54, 1.807) is 0 Å². The Kier molecular flexibility index (Phi) is 17.6. The summed E-state index contributed by atoms with van der Waals surface area (Å²) in [6.45, 7) is 11.2. The van der Waals surface area contributed by atoms with E-state index in [4.69, 9.17) is 0 Å². The second-order valence-corrected chi connectivity index (χ2v) is 10.8. The highest BCUT2D eigenvalue weighted by Crippen LogP contribution is 2.37. The lowest BCUT2D eigenvalue weighted by atomic mass is 9.87. The van der Waals surface area contributed by atoms with Crippen LogP contribution < -0.4 is 0 Å². The summed E-state index contributed by atoms with van der Waals surface area (Å²) in [5.41, 5.74) is 3.77. The summed E-state index contributed by atoms with van der Waals surface area (Å²) in [6.07, 6.45) is 26.0. The Morgan fingerprint density at radius 2 is 0.879 bits per heavy atom. The third-order valence-electron chi connectivity index (χ3n) is 7.83. The molecule has 1 N–H and O–H groups in total. The number of unbranched alkanes of at least 4 members (excludes halogenated alkanes) is 15. The van der Waals surface area contributed by atoms with Crippen LogP contribution >= 0.6 is 0 Å². The zero-order valence-corrected chi connectivity index (χ0v) is 23.2. The van der Waals surface area contributed by atoms with Crippen molar-refractivity contribution in [2.75, 3.05) is 0 Å². The minimum Gasteiger partial charge on any atom is -0.507 e. The highest BCUT2D eigenvalue weighted by atomic mass is 16.3. The van der Waals surface area contributed by atoms with Gasteiger partial charge in [-0.1, -0.05) is 143 Å². The minimum absolute atomic E-state index is 0.429. The van der Waals surface area contributed by atoms with Gasteiger partial charge in [-0.2, -0.15) is 0 Å². The van der Waals surface area contributed by atoms with E-state index in [2.05, 4.69) is 46.8 Å². The molecule has 0 aromatic heterocycles. The highest BCUT2D eigenvalue weighted by Gasteiger charge is 2.17. The Balaban J connectivity index is 2.16. The van der Waals surface area contributed by atoms with Crippen molar-refractivity contribution >= 4 is 0 Å². The second-order valence-electron chi connectivity index (χ2n) is 10.8. The van der Waals surface area contributed by atoms with Crippen molar-refractivity contribution in [2.45, 2.75) is 168 Å². The zero-order valence-electron chi connectivity index (χ0n) is 23.2. The molecule has 33 heavy (non-hydrogen) atoms. The average Bonchev–Trinajstić information content (AvgIpc) is 2.83. The lowest BCUT2D eigenvalue weighted by Gasteiger charge is -2.20. The predicted molar refractivity (Wildman–Crippen MR) is 149 cm³/mol. The number of phenols is 1. The summed E-state index contributed by atoms with van der Waals surface area (Å²) in [4.78, 5) is 0. The fourth-order valence-corrected chi connectivity index (χ4v) is 4.96. The van der Waals surface area contributed by atoms with E-state index in [-0.39, 0.29) is 0 Å². The molecule has 0 aliphatic heterocycles. The number of phenolic OH excluding ortho intramolecular Hbond substituents is 1. The minimum atomic E-state index is 0.429. The van der Waals surface area contributed by atoms with Gasteiger partial charge in [0.2, 0.25) is 0 Å². The van der Waals surface area contributed by atoms with Gasteiger partial charge in [-0.15, -0.1) is 0 Å². The molecule has 0 aliphatic carbocycles. The Bertz CT molecular complexity index is 559. The van der Waals surface area contributed by atoms with E-state index in [1.165, 1.54) is 119 Å². The van der Waals surface area contributed by atoms with Crippen molar-refractivity contribution in [3.8, 4) is 5.75 Å². The van der Waals surface area contributed by atoms with Crippen molar-refractivity contribution in [1.82, 2.24) is 0 Å². The van der Waals surface area contributed by atoms with Crippen molar-refractivity contribution in [3.63, 3.8) is 0 Å². The van der Waals surface area contributed by atoms with Crippen LogP contribution in [0.5, 0.6) is 5.75 Å². The maximum Gasteiger partial charge on any atom is 0.122 e. The van der Waals surface area contributed by atoms with Gasteiger partial charge in [-0.3, -0.25) is 0 Å². The average molecular weight is 459 g/mol. The number of aromatic hydroxyl groups is 1. The van der Waals surface area contributed by atoms with Gasteiger partial charge >= 0.3 is 0 Å². The van der Waals surface area contributed by atoms with Crippen molar-refractivity contribution in [3.05, 3.63) is 28.8 Å². The molecule has 1 rings (SSSR count). The topological polar surface area (TPSA) is 20.2 Å². The van der Waals surface area contributed by atoms with Crippen LogP contribution in [0.25, 0.3) is 0 Å². The molecule has 2 atom stereocenters. The summed E-state index contributed by atoms with van der Waals surface area (Å²) in [7, 11) is 0. The smallest absolute Gasteiger partial charge is 0.122 e. The van der Waals surface area contributed by atoms with Gasteiger partial charge in [0.25, 0.3) is 0 Å². The second kappa shape index (κ2) is 19.3. The lowest BCUT2D eigenvalue weighted by Crippen LogP contribution is -2.01. The number of rotatable bonds is 21. The highest BCUT2D eigenvalue weighted by molar-refractivity contribution is 5.47. The van der Waals surface area contributed by atoms with Crippen LogP contribution in [0, 0.1) is 0 Å². The number of hydrogen-bond acceptors (Lipinski definition) is 1. The predicted octanol–water partition coefficient (Wildman–Crippen LogP) is 11.2. The van der Waals surface area contributed by atoms with Crippen LogP contribution in [0.4, 0.5) is 0 Å². The van der Waals surface area contributed by atoms with E-state index in [1.807, 2.05) is 0 Å². The quantitative estimate of drug-likeness (QED) is 0.182. The molecule has 0 spiro atoms. The molecule has 0 heterocycles. The zero-order chi connectivity index (χ0) is 24.3. The number of hydrogen-bond donors (Lipinski definition) is 1. The number of benzene rings is 1. The molecule has 0 fully saturated rings. The van der Waals surface area contributed by atoms with E-state index in [9.17, 15) is 5.11 Å². The molecule has 1 aromatic carbocycles. The molecular weight excluding hydrogens is 400 g/mol. The molecule has 0 bridgehead atoms. The lowest BCUT2D eigenvalue weighted by molar-refractivity contribution is 0.448. The Labute approximate surface area is 208 Å². The van der Waals surface area contributed by atoms with E-state index >= 15 is 0 Å². The first-order chi connectivity index (χ1) is 16.0. The van der Waals surface area contributed by atoms with Gasteiger partial charge in [0.1, 0.15) is 5.75 Å². The van der Waals surface area contributed by atoms with Crippen LogP contribution in [0.1, 0.15) is 179 Å². The maximum absolute atomic E-state index is 10.8. The van der Waals surface area contributed by atoms with Crippen LogP contribution in [0.15, 0.2) is 12.1 Å². The molecule has 0 radical (unpaired) electrons. The molecule has 0 saturated carbocycles. The van der Waals surface area contributed by atoms with Crippen molar-refractivity contribution < 1.29 is 5.11 Å². The van der Waals surface area contributed by atoms with Crippen LogP contribution in [-0.4, -0.2) is 5.11 Å². The molecular formula is C32H58O. The van der Waals surface area contributed by atoms with Gasteiger partial charge < -0.3 is 5.11 Å². The molecule has 0 saturated heterocycles. The molecule has 1 aromatic rings. The third-order valence-corrected chi connectivity index (χ3v) is 7.83. The van der Waals surface area contributed by atoms with Gasteiger partial charge in [0.05, 0.1) is 0 Å². The maximum atomic E-state index is 10.8. The summed E-state index contributed by atoms with van der Waals surface area (Å²) >= 11 is 0. The van der Waals surface area contributed by atoms with Crippen LogP contribution in [-0.2, 0) is 6.42 Å². The first kappa shape index (κ1) is 30.1. The van der Waals surface area contributed by atoms with Gasteiger partial charge in [0, 0.05) is 0 Å². The SMILES string of the molecule is CCCCCCCCCCCCCCCCCCc1cc(C(C)CC)c(O)c(C(C)CC)c1. The van der Waals surface area contributed by atoms with Gasteiger partial charge in [-0.05, 0) is 54.2 Å². The summed E-state index contributed by atoms with van der Waals surface area (Å²) in [5, 5.41) is 10.8. The summed E-state index contributed by atoms with van der Waals surface area (Å²) in [6, 6.07) is 4.58. The molecule has 0 aliphatic rings. The van der Waals surface area contributed by atoms with Crippen LogP contribution in [0.2, 0.25) is 0 Å². The van der Waals surface area contributed by atoms with Crippen molar-refractivity contribution in [1.29, 1.82) is 0 Å². The van der Waals surface area contributed by atoms with Crippen LogP contribution in [0.3, 0.4) is 0 Å². The largest absolute Gasteiger partial charge is 0.507 e. The fraction of sp³-hybridized carbons (Fsp3) is 0.812. The molecule has 0 amide bonds. The standard InChI is InChI=1S/C32H58O/c1-6-9-10-11-12-13-14-15-16-17-18-19-20-21-22-23-24-29-25-30(27(4)7-2)32(33)31(26-29)28(5)8-3/h25-28,33H,6-24H2,1-5H3. The van der Waals surface area contributed by atoms with E-state index < -0.39 is 0 Å². The normalized spacial score (nSPS) is 13.4. The summed E-state index contributed by atoms with van der Waals surface area (Å²) < 4.78 is 0. The summed E-state index contributed by atoms with van der Waals surface area (Å²) in [5.74, 6) is 1.42. The Hall–Kier alpha value is -0.980. The molecule has 2 unspecified atom stereocenters. The molecule has 1 nitrogen and oxygen atoms in total. The first-order valence-corrected chi connectivity index (χ1v) is 14.9. The van der Waals surface area contributed by atoms with E-state index in [0.717, 1.165) is 19.3 Å². The first-order valence-electron chi connectivity index (χ1n) is 14.9. The number of aryl methyl sites for hydroxylation is 1. The Morgan fingerprint density at radius 1 is 0.545 bits per heavy atom. The molecule has 192 valence electrons. The molecule has 1 heteroatoms. The van der Waals surface area contributed by atoms with E-state index in [0.29, 0.717) is 17.6 Å². The van der Waals surface area contributed by atoms with Gasteiger partial charge in [-0.25, -0.2) is 0 Å². The Morgan fingerprint density at radius 3 is 1.21 bits per heavy atom. The monoisotopic (exact) mass is 458 g/mol. The van der Waals surface area contributed by atoms with Gasteiger partial charge in [0.15, 0.2) is 0 Å². The third kappa shape index (κ3) is 12.9.